The number of aromatic nitrogens is 3. The Balaban J connectivity index is 1.57. The number of nitrogens with two attached hydrogens (primary N) is 1. The predicted octanol–water partition coefficient (Wildman–Crippen LogP) is 0.765. The molecular formula is C24H25BN6O3. The van der Waals surface area contributed by atoms with Crippen molar-refractivity contribution in [2.24, 2.45) is 5.73 Å². The van der Waals surface area contributed by atoms with Crippen molar-refractivity contribution in [3.63, 3.8) is 0 Å². The number of rotatable bonds is 6. The fraction of sp³-hybridized carbons (Fsp3) is 0.208. The summed E-state index contributed by atoms with van der Waals surface area (Å²) in [7, 11) is -1.52. The molecule has 1 aliphatic heterocycles. The number of carbonyl (C=O) groups excluding carboxylic acids is 1. The molecule has 0 saturated carbocycles. The number of hydrogen-bond acceptors (Lipinski definition) is 7. The van der Waals surface area contributed by atoms with Gasteiger partial charge in [0.2, 0.25) is 11.9 Å². The average Bonchev–Trinajstić information content (AvgIpc) is 3.18. The summed E-state index contributed by atoms with van der Waals surface area (Å²) in [4.78, 5) is 21.7. The molecule has 1 aliphatic rings. The van der Waals surface area contributed by atoms with Crippen LogP contribution in [0.4, 0.5) is 5.82 Å². The van der Waals surface area contributed by atoms with Crippen molar-refractivity contribution >= 4 is 35.2 Å². The number of nitrogens with one attached hydrogen (secondary N) is 2. The van der Waals surface area contributed by atoms with E-state index in [0.29, 0.717) is 30.1 Å². The van der Waals surface area contributed by atoms with Gasteiger partial charge >= 0.3 is 7.12 Å². The van der Waals surface area contributed by atoms with Crippen LogP contribution < -0.4 is 21.8 Å². The summed E-state index contributed by atoms with van der Waals surface area (Å²) in [6.45, 7) is 3.90. The number of benzene rings is 2. The Kier molecular flexibility index (Phi) is 5.78. The Hall–Kier alpha value is -3.73. The van der Waals surface area contributed by atoms with Crippen molar-refractivity contribution in [2.75, 3.05) is 11.9 Å². The Labute approximate surface area is 196 Å². The van der Waals surface area contributed by atoms with E-state index >= 15 is 0 Å². The lowest BCUT2D eigenvalue weighted by Crippen LogP contribution is -2.30. The van der Waals surface area contributed by atoms with Gasteiger partial charge in [-0.15, -0.1) is 0 Å². The molecule has 4 aromatic rings. The number of nitrogens with zero attached hydrogens (tertiary/aromatic N) is 3. The van der Waals surface area contributed by atoms with E-state index in [9.17, 15) is 14.8 Å². The summed E-state index contributed by atoms with van der Waals surface area (Å²) in [5, 5.41) is 26.5. The van der Waals surface area contributed by atoms with E-state index in [2.05, 4.69) is 10.6 Å². The summed E-state index contributed by atoms with van der Waals surface area (Å²) in [6, 6.07) is 14.5. The highest BCUT2D eigenvalue weighted by Gasteiger charge is 2.21. The second-order valence-electron chi connectivity index (χ2n) is 8.42. The average molecular weight is 456 g/mol. The van der Waals surface area contributed by atoms with Crippen LogP contribution in [0.2, 0.25) is 0 Å². The van der Waals surface area contributed by atoms with Gasteiger partial charge in [0.05, 0.1) is 11.2 Å². The highest BCUT2D eigenvalue weighted by molar-refractivity contribution is 6.58. The second kappa shape index (κ2) is 8.90. The van der Waals surface area contributed by atoms with Crippen molar-refractivity contribution in [3.05, 3.63) is 76.6 Å². The number of amides is 1. The van der Waals surface area contributed by atoms with Crippen molar-refractivity contribution in [2.45, 2.75) is 26.4 Å². The molecule has 0 atom stereocenters. The lowest BCUT2D eigenvalue weighted by atomic mass is 9.79. The molecule has 2 aromatic heterocycles. The molecule has 1 amide bonds. The molecule has 172 valence electrons. The second-order valence-corrected chi connectivity index (χ2v) is 8.42. The maximum Gasteiger partial charge on any atom is 0.488 e. The van der Waals surface area contributed by atoms with Gasteiger partial charge in [-0.2, -0.15) is 4.98 Å². The molecule has 0 unspecified atom stereocenters. The molecule has 9 nitrogen and oxygen atoms in total. The third-order valence-corrected chi connectivity index (χ3v) is 6.13. The molecular weight excluding hydrogens is 431 g/mol. The minimum atomic E-state index is -1.52. The molecule has 5 rings (SSSR count). The van der Waals surface area contributed by atoms with E-state index in [1.165, 1.54) is 0 Å². The standard InChI is InChI=1S/C24H25BN6O3/c1-14-10-18-17(22(26)32)6-3-7-21(18)31(14)24-29-20-8-9-27-13-19(20)23(30-24)28-12-15-4-2-5-16(11-15)25(33)34/h2-7,10-11,27,33-34H,8-9,12-13H2,1H3,(H2,26,32)(H,28,29,30). The number of carbonyl (C=O) groups is 1. The Morgan fingerprint density at radius 1 is 1.21 bits per heavy atom. The molecule has 0 radical (unpaired) electrons. The Morgan fingerprint density at radius 3 is 2.82 bits per heavy atom. The molecule has 6 N–H and O–H groups in total. The zero-order valence-corrected chi connectivity index (χ0v) is 18.7. The molecule has 0 spiro atoms. The first-order valence-electron chi connectivity index (χ1n) is 11.1. The highest BCUT2D eigenvalue weighted by Crippen LogP contribution is 2.28. The van der Waals surface area contributed by atoms with Gasteiger partial charge in [0.15, 0.2) is 0 Å². The number of aryl methyl sites for hydroxylation is 1. The van der Waals surface area contributed by atoms with Gasteiger partial charge in [0.25, 0.3) is 0 Å². The molecule has 0 aliphatic carbocycles. The topological polar surface area (TPSA) is 138 Å². The summed E-state index contributed by atoms with van der Waals surface area (Å²) >= 11 is 0. The first-order chi connectivity index (χ1) is 16.4. The van der Waals surface area contributed by atoms with Crippen LogP contribution >= 0.6 is 0 Å². The van der Waals surface area contributed by atoms with Gasteiger partial charge in [-0.1, -0.05) is 30.3 Å². The monoisotopic (exact) mass is 456 g/mol. The first-order valence-corrected chi connectivity index (χ1v) is 11.1. The van der Waals surface area contributed by atoms with E-state index < -0.39 is 13.0 Å². The molecule has 3 heterocycles. The summed E-state index contributed by atoms with van der Waals surface area (Å²) in [5.74, 6) is 0.768. The summed E-state index contributed by atoms with van der Waals surface area (Å²) in [5.41, 5.74) is 11.1. The van der Waals surface area contributed by atoms with E-state index in [-0.39, 0.29) is 0 Å². The quantitative estimate of drug-likeness (QED) is 0.270. The normalized spacial score (nSPS) is 13.0. The number of hydrogen-bond donors (Lipinski definition) is 5. The fourth-order valence-corrected chi connectivity index (χ4v) is 4.47. The highest BCUT2D eigenvalue weighted by atomic mass is 16.4. The minimum Gasteiger partial charge on any atom is -0.423 e. The van der Waals surface area contributed by atoms with Gasteiger partial charge in [0.1, 0.15) is 5.82 Å². The van der Waals surface area contributed by atoms with Crippen molar-refractivity contribution < 1.29 is 14.8 Å². The molecule has 0 fully saturated rings. The predicted molar refractivity (Wildman–Crippen MR) is 131 cm³/mol. The SMILES string of the molecule is Cc1cc2c(C(N)=O)cccc2n1-c1nc2c(c(NCc3cccc(B(O)O)c3)n1)CNCC2. The number of primary amides is 1. The van der Waals surface area contributed by atoms with Gasteiger partial charge < -0.3 is 26.4 Å². The smallest absolute Gasteiger partial charge is 0.423 e. The Bertz CT molecular complexity index is 1400. The van der Waals surface area contributed by atoms with Crippen LogP contribution in [0.5, 0.6) is 0 Å². The lowest BCUT2D eigenvalue weighted by molar-refractivity contribution is 0.100. The molecule has 0 bridgehead atoms. The summed E-state index contributed by atoms with van der Waals surface area (Å²) < 4.78 is 1.94. The van der Waals surface area contributed by atoms with Gasteiger partial charge in [-0.25, -0.2) is 4.98 Å². The van der Waals surface area contributed by atoms with Crippen LogP contribution in [-0.4, -0.2) is 44.2 Å². The lowest BCUT2D eigenvalue weighted by Gasteiger charge is -2.21. The summed E-state index contributed by atoms with van der Waals surface area (Å²) in [6.07, 6.45) is 0.774. The van der Waals surface area contributed by atoms with Gasteiger partial charge in [0, 0.05) is 48.3 Å². The molecule has 2 aromatic carbocycles. The zero-order valence-electron chi connectivity index (χ0n) is 18.7. The van der Waals surface area contributed by atoms with E-state index in [1.807, 2.05) is 35.8 Å². The van der Waals surface area contributed by atoms with Crippen molar-refractivity contribution in [1.82, 2.24) is 19.9 Å². The number of fused-ring (bicyclic) bond motifs is 2. The molecule has 34 heavy (non-hydrogen) atoms. The van der Waals surface area contributed by atoms with Crippen LogP contribution in [0.1, 0.15) is 32.9 Å². The van der Waals surface area contributed by atoms with E-state index in [4.69, 9.17) is 15.7 Å². The Morgan fingerprint density at radius 2 is 2.03 bits per heavy atom. The van der Waals surface area contributed by atoms with Crippen LogP contribution in [-0.2, 0) is 19.5 Å². The largest absolute Gasteiger partial charge is 0.488 e. The van der Waals surface area contributed by atoms with Crippen LogP contribution in [0.3, 0.4) is 0 Å². The minimum absolute atomic E-state index is 0.436. The van der Waals surface area contributed by atoms with Crippen LogP contribution in [0.15, 0.2) is 48.5 Å². The van der Waals surface area contributed by atoms with Crippen LogP contribution in [0, 0.1) is 6.92 Å². The molecule has 0 saturated heterocycles. The van der Waals surface area contributed by atoms with E-state index in [1.54, 1.807) is 24.3 Å². The first kappa shape index (κ1) is 22.1. The van der Waals surface area contributed by atoms with E-state index in [0.717, 1.165) is 52.2 Å². The van der Waals surface area contributed by atoms with Gasteiger partial charge in [-0.3, -0.25) is 9.36 Å². The van der Waals surface area contributed by atoms with Crippen LogP contribution in [0.25, 0.3) is 16.9 Å². The molecule has 10 heteroatoms. The maximum absolute atomic E-state index is 11.9. The van der Waals surface area contributed by atoms with Crippen molar-refractivity contribution in [1.29, 1.82) is 0 Å². The number of anilines is 1. The fourth-order valence-electron chi connectivity index (χ4n) is 4.47. The zero-order chi connectivity index (χ0) is 23.8. The van der Waals surface area contributed by atoms with Crippen molar-refractivity contribution in [3.8, 4) is 5.95 Å². The van der Waals surface area contributed by atoms with Gasteiger partial charge in [-0.05, 0) is 36.1 Å². The third kappa shape index (κ3) is 4.03. The third-order valence-electron chi connectivity index (χ3n) is 6.13. The maximum atomic E-state index is 11.9.